The van der Waals surface area contributed by atoms with Crippen molar-refractivity contribution in [2.45, 2.75) is 29.6 Å². The number of rotatable bonds is 4. The molecule has 0 spiro atoms. The Morgan fingerprint density at radius 3 is 2.79 bits per heavy atom. The van der Waals surface area contributed by atoms with Crippen LogP contribution in [-0.4, -0.2) is 22.8 Å². The molecule has 8 heteroatoms. The van der Waals surface area contributed by atoms with Crippen molar-refractivity contribution in [3.05, 3.63) is 63.1 Å². The number of Topliss-reactive ketones (excluding diaryl/α,β-unsaturated/α-hetero) is 1. The summed E-state index contributed by atoms with van der Waals surface area (Å²) in [5.41, 5.74) is 1.87. The molecule has 2 heterocycles. The first-order chi connectivity index (χ1) is 13.9. The lowest BCUT2D eigenvalue weighted by Crippen LogP contribution is -2.31. The van der Waals surface area contributed by atoms with Crippen molar-refractivity contribution in [3.63, 3.8) is 0 Å². The Kier molecular flexibility index (Phi) is 5.73. The van der Waals surface area contributed by atoms with Crippen molar-refractivity contribution < 1.29 is 18.7 Å². The first-order valence-electron chi connectivity index (χ1n) is 9.07. The second kappa shape index (κ2) is 8.13. The minimum atomic E-state index is -0.840. The Bertz CT molecular complexity index is 1130. The van der Waals surface area contributed by atoms with Gasteiger partial charge < -0.3 is 9.14 Å². The molecular formula is C21H16BrClFNO3S. The number of carbonyl (C=O) groups is 2. The van der Waals surface area contributed by atoms with Gasteiger partial charge in [0.15, 0.2) is 5.78 Å². The van der Waals surface area contributed by atoms with Crippen molar-refractivity contribution in [3.8, 4) is 0 Å². The van der Waals surface area contributed by atoms with E-state index < -0.39 is 17.7 Å². The molecule has 1 atom stereocenters. The lowest BCUT2D eigenvalue weighted by atomic mass is 9.86. The van der Waals surface area contributed by atoms with Crippen molar-refractivity contribution in [2.75, 3.05) is 6.61 Å². The third-order valence-corrected chi connectivity index (χ3v) is 6.81. The predicted molar refractivity (Wildman–Crippen MR) is 113 cm³/mol. The molecule has 4 nitrogen and oxygen atoms in total. The van der Waals surface area contributed by atoms with E-state index >= 15 is 0 Å². The zero-order chi connectivity index (χ0) is 20.7. The molecule has 150 valence electrons. The normalized spacial score (nSPS) is 16.1. The summed E-state index contributed by atoms with van der Waals surface area (Å²) in [7, 11) is 0. The SMILES string of the molecule is CCOC(=O)C1CCc2c(c(Sc3ccc(Cl)cc3)c3c(Br)cc(F)cn23)C1=O. The molecule has 2 aromatic heterocycles. The van der Waals surface area contributed by atoms with Crippen LogP contribution in [0.2, 0.25) is 5.02 Å². The number of hydrogen-bond acceptors (Lipinski definition) is 4. The van der Waals surface area contributed by atoms with E-state index in [2.05, 4.69) is 15.9 Å². The molecule has 0 saturated carbocycles. The number of hydrogen-bond donors (Lipinski definition) is 0. The average molecular weight is 497 g/mol. The number of pyridine rings is 1. The Morgan fingerprint density at radius 1 is 1.38 bits per heavy atom. The van der Waals surface area contributed by atoms with E-state index in [-0.39, 0.29) is 12.4 Å². The van der Waals surface area contributed by atoms with Crippen LogP contribution in [0.1, 0.15) is 29.4 Å². The van der Waals surface area contributed by atoms with Crippen LogP contribution < -0.4 is 0 Å². The van der Waals surface area contributed by atoms with Crippen LogP contribution in [0.25, 0.3) is 5.52 Å². The number of halogens is 3. The van der Waals surface area contributed by atoms with Crippen LogP contribution in [0.15, 0.2) is 50.8 Å². The predicted octanol–water partition coefficient (Wildman–Crippen LogP) is 5.95. The monoisotopic (exact) mass is 495 g/mol. The summed E-state index contributed by atoms with van der Waals surface area (Å²) in [5, 5.41) is 0.611. The Balaban J connectivity index is 1.90. The van der Waals surface area contributed by atoms with Gasteiger partial charge in [0.25, 0.3) is 0 Å². The molecule has 1 aliphatic rings. The quantitative estimate of drug-likeness (QED) is 0.331. The molecule has 1 aliphatic carbocycles. The zero-order valence-electron chi connectivity index (χ0n) is 15.4. The van der Waals surface area contributed by atoms with Gasteiger partial charge >= 0.3 is 5.97 Å². The summed E-state index contributed by atoms with van der Waals surface area (Å²) in [4.78, 5) is 27.2. The maximum Gasteiger partial charge on any atom is 0.316 e. The number of aryl methyl sites for hydroxylation is 1. The van der Waals surface area contributed by atoms with Crippen molar-refractivity contribution in [2.24, 2.45) is 5.92 Å². The summed E-state index contributed by atoms with van der Waals surface area (Å²) in [6.45, 7) is 1.93. The highest BCUT2D eigenvalue weighted by Gasteiger charge is 2.38. The van der Waals surface area contributed by atoms with Gasteiger partial charge in [0.1, 0.15) is 11.7 Å². The number of ether oxygens (including phenoxy) is 1. The highest BCUT2D eigenvalue weighted by atomic mass is 79.9. The number of benzene rings is 1. The lowest BCUT2D eigenvalue weighted by Gasteiger charge is -2.20. The third-order valence-electron chi connectivity index (χ3n) is 4.84. The molecule has 0 aliphatic heterocycles. The molecule has 0 N–H and O–H groups in total. The van der Waals surface area contributed by atoms with Gasteiger partial charge in [0, 0.05) is 26.3 Å². The second-order valence-electron chi connectivity index (χ2n) is 6.64. The maximum absolute atomic E-state index is 14.1. The van der Waals surface area contributed by atoms with Crippen LogP contribution in [-0.2, 0) is 16.0 Å². The number of ketones is 1. The van der Waals surface area contributed by atoms with Gasteiger partial charge in [-0.1, -0.05) is 23.4 Å². The Labute approximate surface area is 184 Å². The molecular weight excluding hydrogens is 481 g/mol. The highest BCUT2D eigenvalue weighted by Crippen LogP contribution is 2.44. The molecule has 0 fully saturated rings. The molecule has 3 aromatic rings. The first kappa shape index (κ1) is 20.4. The molecule has 4 rings (SSSR count). The number of esters is 1. The van der Waals surface area contributed by atoms with Gasteiger partial charge in [0.2, 0.25) is 0 Å². The first-order valence-corrected chi connectivity index (χ1v) is 11.1. The van der Waals surface area contributed by atoms with E-state index in [9.17, 15) is 14.0 Å². The number of nitrogens with zero attached hydrogens (tertiary/aromatic N) is 1. The molecule has 0 radical (unpaired) electrons. The summed E-state index contributed by atoms with van der Waals surface area (Å²) < 4.78 is 21.5. The third kappa shape index (κ3) is 3.71. The van der Waals surface area contributed by atoms with Crippen LogP contribution >= 0.6 is 39.3 Å². The molecule has 0 bridgehead atoms. The molecule has 29 heavy (non-hydrogen) atoms. The van der Waals surface area contributed by atoms with Crippen molar-refractivity contribution in [1.29, 1.82) is 0 Å². The Hall–Kier alpha value is -1.83. The largest absolute Gasteiger partial charge is 0.465 e. The number of carbonyl (C=O) groups excluding carboxylic acids is 2. The fraction of sp³-hybridized carbons (Fsp3) is 0.238. The van der Waals surface area contributed by atoms with E-state index in [0.29, 0.717) is 44.0 Å². The van der Waals surface area contributed by atoms with Crippen LogP contribution in [0.5, 0.6) is 0 Å². The van der Waals surface area contributed by atoms with Crippen LogP contribution in [0.4, 0.5) is 4.39 Å². The van der Waals surface area contributed by atoms with Gasteiger partial charge in [0.05, 0.1) is 22.6 Å². The van der Waals surface area contributed by atoms with E-state index in [1.165, 1.54) is 24.0 Å². The smallest absolute Gasteiger partial charge is 0.316 e. The fourth-order valence-electron chi connectivity index (χ4n) is 3.60. The summed E-state index contributed by atoms with van der Waals surface area (Å²) in [5.74, 6) is -2.04. The second-order valence-corrected chi connectivity index (χ2v) is 9.01. The van der Waals surface area contributed by atoms with Gasteiger partial charge in [-0.05, 0) is 66.0 Å². The molecule has 0 saturated heterocycles. The minimum Gasteiger partial charge on any atom is -0.465 e. The molecule has 0 amide bonds. The van der Waals surface area contributed by atoms with Crippen LogP contribution in [0, 0.1) is 11.7 Å². The van der Waals surface area contributed by atoms with Gasteiger partial charge in [-0.2, -0.15) is 0 Å². The zero-order valence-corrected chi connectivity index (χ0v) is 18.5. The van der Waals surface area contributed by atoms with Gasteiger partial charge in [-0.3, -0.25) is 9.59 Å². The maximum atomic E-state index is 14.1. The molecule has 1 unspecified atom stereocenters. The van der Waals surface area contributed by atoms with E-state index in [0.717, 1.165) is 4.90 Å². The highest BCUT2D eigenvalue weighted by molar-refractivity contribution is 9.10. The van der Waals surface area contributed by atoms with E-state index in [4.69, 9.17) is 16.3 Å². The summed E-state index contributed by atoms with van der Waals surface area (Å²) in [6, 6.07) is 8.63. The van der Waals surface area contributed by atoms with Gasteiger partial charge in [-0.15, -0.1) is 0 Å². The fourth-order valence-corrected chi connectivity index (χ4v) is 5.60. The molecule has 1 aromatic carbocycles. The van der Waals surface area contributed by atoms with Crippen LogP contribution in [0.3, 0.4) is 0 Å². The number of fused-ring (bicyclic) bond motifs is 3. The van der Waals surface area contributed by atoms with E-state index in [1.54, 1.807) is 23.5 Å². The Morgan fingerprint density at radius 2 is 2.10 bits per heavy atom. The van der Waals surface area contributed by atoms with Gasteiger partial charge in [-0.25, -0.2) is 4.39 Å². The average Bonchev–Trinajstić information content (AvgIpc) is 2.98. The van der Waals surface area contributed by atoms with Crippen molar-refractivity contribution in [1.82, 2.24) is 4.40 Å². The topological polar surface area (TPSA) is 47.8 Å². The summed E-state index contributed by atoms with van der Waals surface area (Å²) >= 11 is 10.8. The van der Waals surface area contributed by atoms with Crippen molar-refractivity contribution >= 4 is 56.6 Å². The number of aromatic nitrogens is 1. The lowest BCUT2D eigenvalue weighted by molar-refractivity contribution is -0.146. The van der Waals surface area contributed by atoms with E-state index in [1.807, 2.05) is 12.1 Å². The summed E-state index contributed by atoms with van der Waals surface area (Å²) in [6.07, 6.45) is 2.20. The standard InChI is InChI=1S/C21H16BrClFNO3S/c1-2-28-21(27)14-7-8-16-17(19(14)26)20(29-13-5-3-11(23)4-6-13)18-15(22)9-12(24)10-25(16)18/h3-6,9-10,14H,2,7-8H2,1H3. The minimum absolute atomic E-state index is 0.219.